The fourth-order valence-electron chi connectivity index (χ4n) is 3.80. The number of amides is 2. The summed E-state index contributed by atoms with van der Waals surface area (Å²) in [5, 5.41) is 5.89. The predicted molar refractivity (Wildman–Crippen MR) is 113 cm³/mol. The molecule has 3 aliphatic rings. The van der Waals surface area contributed by atoms with Crippen molar-refractivity contribution >= 4 is 30.1 Å². The van der Waals surface area contributed by atoms with E-state index in [0.29, 0.717) is 25.6 Å². The van der Waals surface area contributed by atoms with Gasteiger partial charge in [-0.05, 0) is 50.2 Å². The summed E-state index contributed by atoms with van der Waals surface area (Å²) in [5.41, 5.74) is 1.96. The second kappa shape index (κ2) is 10.2. The smallest absolute Gasteiger partial charge is 0.407 e. The molecule has 0 aromatic heterocycles. The Hall–Kier alpha value is -1.99. The minimum Gasteiger partial charge on any atom is -0.492 e. The second-order valence-corrected chi connectivity index (χ2v) is 7.98. The molecule has 1 saturated heterocycles. The van der Waals surface area contributed by atoms with Gasteiger partial charge in [0.05, 0.1) is 6.61 Å². The van der Waals surface area contributed by atoms with Gasteiger partial charge in [0.1, 0.15) is 12.4 Å². The highest BCUT2D eigenvalue weighted by Crippen LogP contribution is 2.31. The Bertz CT molecular complexity index is 718. The molecule has 1 aromatic rings. The first kappa shape index (κ1) is 21.7. The molecule has 7 nitrogen and oxygen atoms in total. The van der Waals surface area contributed by atoms with Crippen LogP contribution in [0.4, 0.5) is 10.5 Å². The van der Waals surface area contributed by atoms with Crippen molar-refractivity contribution in [2.24, 2.45) is 5.92 Å². The third-order valence-corrected chi connectivity index (χ3v) is 5.73. The summed E-state index contributed by atoms with van der Waals surface area (Å²) in [6.45, 7) is 3.93. The molecule has 2 aliphatic heterocycles. The molecule has 29 heavy (non-hydrogen) atoms. The molecule has 160 valence electrons. The fraction of sp³-hybridized carbons (Fsp3) is 0.619. The lowest BCUT2D eigenvalue weighted by Crippen LogP contribution is -2.45. The number of nitrogens with zero attached hydrogens (tertiary/aromatic N) is 1. The number of hydrogen-bond acceptors (Lipinski definition) is 5. The third kappa shape index (κ3) is 6.24. The van der Waals surface area contributed by atoms with Gasteiger partial charge in [-0.2, -0.15) is 0 Å². The second-order valence-electron chi connectivity index (χ2n) is 7.98. The highest BCUT2D eigenvalue weighted by atomic mass is 35.5. The average Bonchev–Trinajstić information content (AvgIpc) is 3.52. The summed E-state index contributed by atoms with van der Waals surface area (Å²) in [5.74, 6) is 1.53. The number of halogens is 1. The van der Waals surface area contributed by atoms with E-state index in [1.165, 1.54) is 12.8 Å². The van der Waals surface area contributed by atoms with Crippen LogP contribution in [0.1, 0.15) is 37.7 Å². The van der Waals surface area contributed by atoms with Gasteiger partial charge in [-0.25, -0.2) is 4.79 Å². The number of carbonyl (C=O) groups excluding carboxylic acids is 2. The monoisotopic (exact) mass is 423 g/mol. The highest BCUT2D eigenvalue weighted by Gasteiger charge is 2.25. The van der Waals surface area contributed by atoms with E-state index in [-0.39, 0.29) is 30.4 Å². The first-order valence-corrected chi connectivity index (χ1v) is 10.4. The largest absolute Gasteiger partial charge is 0.492 e. The lowest BCUT2D eigenvalue weighted by molar-refractivity contribution is -0.116. The van der Waals surface area contributed by atoms with E-state index >= 15 is 0 Å². The van der Waals surface area contributed by atoms with Crippen molar-refractivity contribution < 1.29 is 19.1 Å². The van der Waals surface area contributed by atoms with Crippen LogP contribution in [0.15, 0.2) is 18.2 Å². The van der Waals surface area contributed by atoms with Crippen LogP contribution in [0, 0.1) is 5.92 Å². The number of fused-ring (bicyclic) bond motifs is 1. The highest BCUT2D eigenvalue weighted by molar-refractivity contribution is 5.94. The Morgan fingerprint density at radius 1 is 1.17 bits per heavy atom. The number of ether oxygens (including phenoxy) is 2. The topological polar surface area (TPSA) is 79.9 Å². The maximum Gasteiger partial charge on any atom is 0.407 e. The molecule has 2 N–H and O–H groups in total. The average molecular weight is 424 g/mol. The molecule has 1 aromatic carbocycles. The lowest BCUT2D eigenvalue weighted by atomic mass is 10.0. The van der Waals surface area contributed by atoms with Crippen LogP contribution in [-0.4, -0.2) is 55.8 Å². The number of anilines is 1. The van der Waals surface area contributed by atoms with E-state index < -0.39 is 0 Å². The molecule has 0 unspecified atom stereocenters. The Labute approximate surface area is 177 Å². The quantitative estimate of drug-likeness (QED) is 0.704. The number of alkyl carbamates (subject to hydrolysis) is 1. The van der Waals surface area contributed by atoms with Gasteiger partial charge in [0.15, 0.2) is 0 Å². The molecule has 1 saturated carbocycles. The van der Waals surface area contributed by atoms with Crippen molar-refractivity contribution in [2.75, 3.05) is 38.2 Å². The van der Waals surface area contributed by atoms with E-state index in [2.05, 4.69) is 15.5 Å². The maximum atomic E-state index is 11.8. The summed E-state index contributed by atoms with van der Waals surface area (Å²) in [4.78, 5) is 25.7. The molecule has 0 spiro atoms. The molecular formula is C21H30ClN3O4. The van der Waals surface area contributed by atoms with E-state index in [1.807, 2.05) is 18.2 Å². The van der Waals surface area contributed by atoms with Crippen LogP contribution >= 0.6 is 12.4 Å². The molecule has 1 aliphatic carbocycles. The standard InChI is InChI=1S/C21H29N3O4.ClH/c25-20-7-6-17-18(23-20)2-1-3-19(17)27-13-12-24-10-8-16(9-11-24)22-21(26)28-14-15-4-5-15;/h1-3,15-16H,4-14H2,(H,22,26)(H,23,25);1H. The van der Waals surface area contributed by atoms with Crippen LogP contribution in [0.5, 0.6) is 5.75 Å². The first-order valence-electron chi connectivity index (χ1n) is 10.4. The number of likely N-dealkylation sites (tertiary alicyclic amines) is 1. The zero-order valence-corrected chi connectivity index (χ0v) is 17.5. The van der Waals surface area contributed by atoms with Crippen molar-refractivity contribution in [2.45, 2.75) is 44.6 Å². The molecule has 0 bridgehead atoms. The number of piperidine rings is 1. The Balaban J connectivity index is 0.00000240. The minimum absolute atomic E-state index is 0. The summed E-state index contributed by atoms with van der Waals surface area (Å²) in [6.07, 6.45) is 5.22. The van der Waals surface area contributed by atoms with Gasteiger partial charge in [-0.1, -0.05) is 6.07 Å². The lowest BCUT2D eigenvalue weighted by Gasteiger charge is -2.32. The first-order chi connectivity index (χ1) is 13.7. The van der Waals surface area contributed by atoms with Crippen LogP contribution in [0.25, 0.3) is 0 Å². The van der Waals surface area contributed by atoms with Crippen molar-refractivity contribution in [1.82, 2.24) is 10.2 Å². The Kier molecular flexibility index (Phi) is 7.61. The maximum absolute atomic E-state index is 11.8. The van der Waals surface area contributed by atoms with Gasteiger partial charge in [0.2, 0.25) is 5.91 Å². The van der Waals surface area contributed by atoms with Crippen LogP contribution < -0.4 is 15.4 Å². The van der Waals surface area contributed by atoms with Gasteiger partial charge < -0.3 is 20.1 Å². The molecule has 0 atom stereocenters. The summed E-state index contributed by atoms with van der Waals surface area (Å²) >= 11 is 0. The van der Waals surface area contributed by atoms with E-state index in [4.69, 9.17) is 9.47 Å². The van der Waals surface area contributed by atoms with E-state index in [0.717, 1.165) is 55.9 Å². The summed E-state index contributed by atoms with van der Waals surface area (Å²) < 4.78 is 11.3. The van der Waals surface area contributed by atoms with Gasteiger partial charge in [0, 0.05) is 43.3 Å². The van der Waals surface area contributed by atoms with Crippen LogP contribution in [0.2, 0.25) is 0 Å². The fourth-order valence-corrected chi connectivity index (χ4v) is 3.80. The number of rotatable bonds is 7. The molecule has 2 fully saturated rings. The molecule has 8 heteroatoms. The van der Waals surface area contributed by atoms with Gasteiger partial charge in [-0.15, -0.1) is 12.4 Å². The molecule has 2 heterocycles. The minimum atomic E-state index is -0.269. The summed E-state index contributed by atoms with van der Waals surface area (Å²) in [6, 6.07) is 6.01. The number of carbonyl (C=O) groups is 2. The molecular weight excluding hydrogens is 394 g/mol. The van der Waals surface area contributed by atoms with Crippen LogP contribution in [0.3, 0.4) is 0 Å². The SMILES string of the molecule is Cl.O=C1CCc2c(cccc2OCCN2CCC(NC(=O)OCC3CC3)CC2)N1. The van der Waals surface area contributed by atoms with Gasteiger partial charge in [0.25, 0.3) is 0 Å². The number of nitrogens with one attached hydrogen (secondary N) is 2. The normalized spacial score (nSPS) is 19.5. The molecule has 0 radical (unpaired) electrons. The van der Waals surface area contributed by atoms with E-state index in [1.54, 1.807) is 0 Å². The number of hydrogen-bond donors (Lipinski definition) is 2. The van der Waals surface area contributed by atoms with Crippen LogP contribution in [-0.2, 0) is 16.0 Å². The summed E-state index contributed by atoms with van der Waals surface area (Å²) in [7, 11) is 0. The molecule has 4 rings (SSSR count). The van der Waals surface area contributed by atoms with Gasteiger partial charge in [-0.3, -0.25) is 9.69 Å². The Morgan fingerprint density at radius 3 is 2.72 bits per heavy atom. The zero-order chi connectivity index (χ0) is 19.3. The molecule has 2 amide bonds. The van der Waals surface area contributed by atoms with E-state index in [9.17, 15) is 9.59 Å². The van der Waals surface area contributed by atoms with Crippen molar-refractivity contribution in [3.63, 3.8) is 0 Å². The third-order valence-electron chi connectivity index (χ3n) is 5.73. The number of benzene rings is 1. The van der Waals surface area contributed by atoms with Crippen molar-refractivity contribution in [3.8, 4) is 5.75 Å². The van der Waals surface area contributed by atoms with Crippen molar-refractivity contribution in [1.29, 1.82) is 0 Å². The predicted octanol–water partition coefficient (Wildman–Crippen LogP) is 2.97. The zero-order valence-electron chi connectivity index (χ0n) is 16.7. The van der Waals surface area contributed by atoms with Gasteiger partial charge >= 0.3 is 6.09 Å². The Morgan fingerprint density at radius 2 is 1.97 bits per heavy atom. The van der Waals surface area contributed by atoms with Crippen molar-refractivity contribution in [3.05, 3.63) is 23.8 Å².